The Labute approximate surface area is 93.9 Å². The van der Waals surface area contributed by atoms with Gasteiger partial charge >= 0.3 is 0 Å². The summed E-state index contributed by atoms with van der Waals surface area (Å²) in [7, 11) is 0. The third-order valence-electron chi connectivity index (χ3n) is 2.87. The molecule has 0 spiro atoms. The molecular formula is C14H23N. The van der Waals surface area contributed by atoms with Crippen LogP contribution in [-0.2, 0) is 6.42 Å². The Kier molecular flexibility index (Phi) is 5.41. The van der Waals surface area contributed by atoms with Crippen LogP contribution in [0.5, 0.6) is 0 Å². The maximum absolute atomic E-state index is 3.51. The number of benzene rings is 1. The Balaban J connectivity index is 2.17. The fourth-order valence-electron chi connectivity index (χ4n) is 1.54. The highest BCUT2D eigenvalue weighted by Crippen LogP contribution is 2.05. The predicted octanol–water partition coefficient (Wildman–Crippen LogP) is 3.32. The van der Waals surface area contributed by atoms with E-state index in [1.54, 1.807) is 0 Å². The summed E-state index contributed by atoms with van der Waals surface area (Å²) >= 11 is 0. The van der Waals surface area contributed by atoms with E-state index in [1.807, 2.05) is 0 Å². The van der Waals surface area contributed by atoms with Gasteiger partial charge in [-0.25, -0.2) is 0 Å². The quantitative estimate of drug-likeness (QED) is 0.703. The van der Waals surface area contributed by atoms with Gasteiger partial charge in [0.05, 0.1) is 0 Å². The first kappa shape index (κ1) is 12.3. The van der Waals surface area contributed by atoms with E-state index in [2.05, 4.69) is 50.4 Å². The normalized spacial score (nSPS) is 12.7. The smallest absolute Gasteiger partial charge is 0.00361 e. The van der Waals surface area contributed by atoms with E-state index in [0.717, 1.165) is 6.54 Å². The lowest BCUT2D eigenvalue weighted by Crippen LogP contribution is -2.26. The van der Waals surface area contributed by atoms with E-state index in [-0.39, 0.29) is 0 Å². The van der Waals surface area contributed by atoms with Gasteiger partial charge in [-0.1, -0.05) is 36.8 Å². The van der Waals surface area contributed by atoms with Crippen molar-refractivity contribution < 1.29 is 0 Å². The van der Waals surface area contributed by atoms with Crippen molar-refractivity contribution in [2.45, 2.75) is 46.1 Å². The summed E-state index contributed by atoms with van der Waals surface area (Å²) in [6.07, 6.45) is 3.63. The van der Waals surface area contributed by atoms with Gasteiger partial charge in [0, 0.05) is 6.04 Å². The minimum atomic E-state index is 0.656. The van der Waals surface area contributed by atoms with Crippen LogP contribution in [0, 0.1) is 6.92 Å². The third-order valence-corrected chi connectivity index (χ3v) is 2.87. The summed E-state index contributed by atoms with van der Waals surface area (Å²) < 4.78 is 0. The molecule has 1 heteroatoms. The minimum Gasteiger partial charge on any atom is -0.314 e. The molecule has 1 aromatic rings. The highest BCUT2D eigenvalue weighted by atomic mass is 14.9. The minimum absolute atomic E-state index is 0.656. The summed E-state index contributed by atoms with van der Waals surface area (Å²) in [5, 5.41) is 3.51. The lowest BCUT2D eigenvalue weighted by Gasteiger charge is -2.10. The fraction of sp³-hybridized carbons (Fsp3) is 0.571. The van der Waals surface area contributed by atoms with Crippen molar-refractivity contribution in [3.05, 3.63) is 35.4 Å². The Bertz CT molecular complexity index is 263. The van der Waals surface area contributed by atoms with E-state index < -0.39 is 0 Å². The molecule has 0 saturated heterocycles. The van der Waals surface area contributed by atoms with Crippen molar-refractivity contribution in [3.63, 3.8) is 0 Å². The first-order valence-electron chi connectivity index (χ1n) is 6.01. The summed E-state index contributed by atoms with van der Waals surface area (Å²) in [6, 6.07) is 9.51. The van der Waals surface area contributed by atoms with Crippen molar-refractivity contribution in [1.29, 1.82) is 0 Å². The lowest BCUT2D eigenvalue weighted by atomic mass is 10.1. The molecule has 1 atom stereocenters. The fourth-order valence-corrected chi connectivity index (χ4v) is 1.54. The first-order chi connectivity index (χ1) is 7.22. The van der Waals surface area contributed by atoms with Crippen molar-refractivity contribution in [2.75, 3.05) is 6.54 Å². The Morgan fingerprint density at radius 2 is 1.87 bits per heavy atom. The van der Waals surface area contributed by atoms with E-state index >= 15 is 0 Å². The zero-order valence-corrected chi connectivity index (χ0v) is 10.2. The molecule has 0 aliphatic rings. The van der Waals surface area contributed by atoms with Crippen molar-refractivity contribution in [1.82, 2.24) is 5.32 Å². The van der Waals surface area contributed by atoms with Crippen LogP contribution in [0.3, 0.4) is 0 Å². The molecule has 0 aliphatic carbocycles. The van der Waals surface area contributed by atoms with Gasteiger partial charge in [-0.05, 0) is 45.2 Å². The highest BCUT2D eigenvalue weighted by Gasteiger charge is 1.97. The van der Waals surface area contributed by atoms with E-state index in [9.17, 15) is 0 Å². The molecule has 0 heterocycles. The topological polar surface area (TPSA) is 12.0 Å². The van der Waals surface area contributed by atoms with Crippen LogP contribution in [0.1, 0.15) is 37.8 Å². The number of nitrogens with one attached hydrogen (secondary N) is 1. The molecule has 0 aromatic heterocycles. The van der Waals surface area contributed by atoms with Crippen LogP contribution in [0.4, 0.5) is 0 Å². The molecule has 15 heavy (non-hydrogen) atoms. The molecule has 1 aromatic carbocycles. The average Bonchev–Trinajstić information content (AvgIpc) is 2.26. The van der Waals surface area contributed by atoms with Gasteiger partial charge < -0.3 is 5.32 Å². The van der Waals surface area contributed by atoms with Crippen molar-refractivity contribution >= 4 is 0 Å². The number of hydrogen-bond acceptors (Lipinski definition) is 1. The molecule has 1 nitrogen and oxygen atoms in total. The summed E-state index contributed by atoms with van der Waals surface area (Å²) in [5.41, 5.74) is 2.79. The first-order valence-corrected chi connectivity index (χ1v) is 6.01. The molecule has 0 bridgehead atoms. The Morgan fingerprint density at radius 1 is 1.20 bits per heavy atom. The van der Waals surface area contributed by atoms with Crippen LogP contribution in [0.15, 0.2) is 24.3 Å². The predicted molar refractivity (Wildman–Crippen MR) is 67.3 cm³/mol. The molecule has 1 N–H and O–H groups in total. The van der Waals surface area contributed by atoms with Crippen LogP contribution in [-0.4, -0.2) is 12.6 Å². The van der Waals surface area contributed by atoms with Gasteiger partial charge in [0.2, 0.25) is 0 Å². The molecule has 0 radical (unpaired) electrons. The Hall–Kier alpha value is -0.820. The number of hydrogen-bond donors (Lipinski definition) is 1. The van der Waals surface area contributed by atoms with Crippen LogP contribution in [0.25, 0.3) is 0 Å². The third kappa shape index (κ3) is 4.98. The molecule has 1 rings (SSSR count). The SMILES string of the molecule is CCC(C)NCCCc1ccc(C)cc1. The molecule has 0 saturated carbocycles. The molecule has 0 aliphatic heterocycles. The van der Waals surface area contributed by atoms with E-state index in [4.69, 9.17) is 0 Å². The zero-order chi connectivity index (χ0) is 11.1. The van der Waals surface area contributed by atoms with Gasteiger partial charge in [-0.2, -0.15) is 0 Å². The Morgan fingerprint density at radius 3 is 2.47 bits per heavy atom. The molecule has 84 valence electrons. The van der Waals surface area contributed by atoms with Crippen LogP contribution < -0.4 is 5.32 Å². The second-order valence-corrected chi connectivity index (χ2v) is 4.35. The number of aryl methyl sites for hydroxylation is 2. The highest BCUT2D eigenvalue weighted by molar-refractivity contribution is 5.21. The standard InChI is InChI=1S/C14H23N/c1-4-13(3)15-11-5-6-14-9-7-12(2)8-10-14/h7-10,13,15H,4-6,11H2,1-3H3. The maximum Gasteiger partial charge on any atom is 0.00361 e. The van der Waals surface area contributed by atoms with Gasteiger partial charge in [0.15, 0.2) is 0 Å². The largest absolute Gasteiger partial charge is 0.314 e. The summed E-state index contributed by atoms with van der Waals surface area (Å²) in [5.74, 6) is 0. The summed E-state index contributed by atoms with van der Waals surface area (Å²) in [4.78, 5) is 0. The van der Waals surface area contributed by atoms with Gasteiger partial charge in [-0.3, -0.25) is 0 Å². The second kappa shape index (κ2) is 6.62. The zero-order valence-electron chi connectivity index (χ0n) is 10.2. The molecule has 0 fully saturated rings. The molecule has 0 amide bonds. The van der Waals surface area contributed by atoms with E-state index in [1.165, 1.54) is 30.4 Å². The number of rotatable bonds is 6. The van der Waals surface area contributed by atoms with Crippen molar-refractivity contribution in [2.24, 2.45) is 0 Å². The van der Waals surface area contributed by atoms with Crippen LogP contribution >= 0.6 is 0 Å². The van der Waals surface area contributed by atoms with Gasteiger partial charge in [0.25, 0.3) is 0 Å². The van der Waals surface area contributed by atoms with E-state index in [0.29, 0.717) is 6.04 Å². The maximum atomic E-state index is 3.51. The van der Waals surface area contributed by atoms with Gasteiger partial charge in [0.1, 0.15) is 0 Å². The summed E-state index contributed by atoms with van der Waals surface area (Å²) in [6.45, 7) is 7.72. The van der Waals surface area contributed by atoms with Crippen molar-refractivity contribution in [3.8, 4) is 0 Å². The monoisotopic (exact) mass is 205 g/mol. The average molecular weight is 205 g/mol. The second-order valence-electron chi connectivity index (χ2n) is 4.35. The molecule has 1 unspecified atom stereocenters. The molecular weight excluding hydrogens is 182 g/mol. The van der Waals surface area contributed by atoms with Crippen LogP contribution in [0.2, 0.25) is 0 Å². The lowest BCUT2D eigenvalue weighted by molar-refractivity contribution is 0.524. The van der Waals surface area contributed by atoms with Gasteiger partial charge in [-0.15, -0.1) is 0 Å².